The Hall–Kier alpha value is -0.800. The van der Waals surface area contributed by atoms with Crippen LogP contribution in [-0.2, 0) is 6.54 Å². The first-order chi connectivity index (χ1) is 6.90. The molecule has 1 aromatic heterocycles. The Bertz CT molecular complexity index is 254. The molecule has 0 spiro atoms. The number of rotatable bonds is 6. The molecule has 1 aliphatic rings. The summed E-state index contributed by atoms with van der Waals surface area (Å²) in [5.74, 6) is 0.807. The Morgan fingerprint density at radius 3 is 3.00 bits per heavy atom. The van der Waals surface area contributed by atoms with Gasteiger partial charge in [0, 0.05) is 31.6 Å². The van der Waals surface area contributed by atoms with Gasteiger partial charge in [0.1, 0.15) is 0 Å². The maximum absolute atomic E-state index is 8.92. The second kappa shape index (κ2) is 4.62. The minimum atomic E-state index is 0.293. The van der Waals surface area contributed by atoms with Gasteiger partial charge in [-0.3, -0.25) is 0 Å². The second-order valence-corrected chi connectivity index (χ2v) is 4.06. The predicted octanol–water partition coefficient (Wildman–Crippen LogP) is 1.27. The quantitative estimate of drug-likeness (QED) is 0.638. The van der Waals surface area contributed by atoms with Crippen LogP contribution in [0.2, 0.25) is 0 Å². The number of H-pyrrole nitrogens is 1. The van der Waals surface area contributed by atoms with Gasteiger partial charge in [-0.05, 0) is 36.8 Å². The normalized spacial score (nSPS) is 18.4. The highest BCUT2D eigenvalue weighted by Crippen LogP contribution is 2.33. The molecule has 3 N–H and O–H groups in total. The van der Waals surface area contributed by atoms with Gasteiger partial charge in [0.2, 0.25) is 0 Å². The van der Waals surface area contributed by atoms with Crippen LogP contribution in [0, 0.1) is 5.92 Å². The number of hydrogen-bond donors (Lipinski definition) is 3. The highest BCUT2D eigenvalue weighted by Gasteiger charge is 2.30. The van der Waals surface area contributed by atoms with Crippen molar-refractivity contribution in [2.45, 2.75) is 31.8 Å². The van der Waals surface area contributed by atoms with Crippen LogP contribution in [0.15, 0.2) is 18.5 Å². The predicted molar refractivity (Wildman–Crippen MR) is 55.8 cm³/mol. The summed E-state index contributed by atoms with van der Waals surface area (Å²) >= 11 is 0. The number of nitrogens with one attached hydrogen (secondary N) is 2. The zero-order chi connectivity index (χ0) is 9.80. The molecule has 1 unspecified atom stereocenters. The fourth-order valence-corrected chi connectivity index (χ4v) is 1.86. The van der Waals surface area contributed by atoms with Crippen LogP contribution in [0.5, 0.6) is 0 Å². The molecular weight excluding hydrogens is 176 g/mol. The molecular formula is C11H18N2O. The first kappa shape index (κ1) is 9.74. The number of aromatic nitrogens is 1. The Kier molecular flexibility index (Phi) is 3.22. The lowest BCUT2D eigenvalue weighted by molar-refractivity contribution is 0.256. The van der Waals surface area contributed by atoms with Crippen molar-refractivity contribution in [1.82, 2.24) is 10.3 Å². The van der Waals surface area contributed by atoms with E-state index in [9.17, 15) is 0 Å². The van der Waals surface area contributed by atoms with Gasteiger partial charge >= 0.3 is 0 Å². The van der Waals surface area contributed by atoms with Crippen LogP contribution in [0.1, 0.15) is 24.8 Å². The van der Waals surface area contributed by atoms with E-state index in [0.717, 1.165) is 18.9 Å². The second-order valence-electron chi connectivity index (χ2n) is 4.06. The van der Waals surface area contributed by atoms with Crippen LogP contribution in [0.3, 0.4) is 0 Å². The van der Waals surface area contributed by atoms with Crippen molar-refractivity contribution >= 4 is 0 Å². The Balaban J connectivity index is 1.76. The number of aromatic amines is 1. The molecule has 0 aromatic carbocycles. The largest absolute Gasteiger partial charge is 0.396 e. The van der Waals surface area contributed by atoms with Gasteiger partial charge in [-0.15, -0.1) is 0 Å². The maximum Gasteiger partial charge on any atom is 0.0445 e. The molecule has 1 aromatic rings. The van der Waals surface area contributed by atoms with E-state index in [-0.39, 0.29) is 0 Å². The van der Waals surface area contributed by atoms with Gasteiger partial charge in [0.15, 0.2) is 0 Å². The van der Waals surface area contributed by atoms with Crippen molar-refractivity contribution in [1.29, 1.82) is 0 Å². The topological polar surface area (TPSA) is 48.0 Å². The highest BCUT2D eigenvalue weighted by atomic mass is 16.3. The lowest BCUT2D eigenvalue weighted by atomic mass is 10.1. The molecule has 0 amide bonds. The van der Waals surface area contributed by atoms with Crippen LogP contribution >= 0.6 is 0 Å². The van der Waals surface area contributed by atoms with E-state index in [2.05, 4.69) is 16.4 Å². The molecule has 0 aliphatic heterocycles. The molecule has 0 saturated heterocycles. The van der Waals surface area contributed by atoms with Crippen molar-refractivity contribution in [2.75, 3.05) is 6.61 Å². The van der Waals surface area contributed by atoms with Crippen molar-refractivity contribution in [2.24, 2.45) is 5.92 Å². The van der Waals surface area contributed by atoms with E-state index in [1.165, 1.54) is 18.4 Å². The van der Waals surface area contributed by atoms with Gasteiger partial charge in [-0.2, -0.15) is 0 Å². The van der Waals surface area contributed by atoms with Gasteiger partial charge in [0.05, 0.1) is 0 Å². The third-order valence-corrected chi connectivity index (χ3v) is 2.86. The molecule has 1 saturated carbocycles. The lowest BCUT2D eigenvalue weighted by Crippen LogP contribution is -2.31. The Labute approximate surface area is 84.5 Å². The molecule has 0 bridgehead atoms. The van der Waals surface area contributed by atoms with E-state index >= 15 is 0 Å². The summed E-state index contributed by atoms with van der Waals surface area (Å²) in [5.41, 5.74) is 1.29. The highest BCUT2D eigenvalue weighted by molar-refractivity contribution is 5.08. The van der Waals surface area contributed by atoms with Crippen molar-refractivity contribution < 1.29 is 5.11 Å². The summed E-state index contributed by atoms with van der Waals surface area (Å²) in [6.07, 6.45) is 7.48. The molecule has 3 nitrogen and oxygen atoms in total. The molecule has 1 heterocycles. The fraction of sp³-hybridized carbons (Fsp3) is 0.636. The van der Waals surface area contributed by atoms with E-state index in [4.69, 9.17) is 5.11 Å². The zero-order valence-corrected chi connectivity index (χ0v) is 8.37. The first-order valence-corrected chi connectivity index (χ1v) is 5.36. The van der Waals surface area contributed by atoms with Gasteiger partial charge in [-0.1, -0.05) is 0 Å². The van der Waals surface area contributed by atoms with E-state index in [1.54, 1.807) is 0 Å². The zero-order valence-electron chi connectivity index (χ0n) is 8.37. The van der Waals surface area contributed by atoms with Crippen molar-refractivity contribution in [3.8, 4) is 0 Å². The molecule has 1 fully saturated rings. The third-order valence-electron chi connectivity index (χ3n) is 2.86. The molecule has 78 valence electrons. The van der Waals surface area contributed by atoms with E-state index < -0.39 is 0 Å². The van der Waals surface area contributed by atoms with Crippen molar-refractivity contribution in [3.05, 3.63) is 24.0 Å². The van der Waals surface area contributed by atoms with Gasteiger partial charge in [0.25, 0.3) is 0 Å². The Morgan fingerprint density at radius 1 is 1.57 bits per heavy atom. The maximum atomic E-state index is 8.92. The average molecular weight is 194 g/mol. The van der Waals surface area contributed by atoms with Gasteiger partial charge in [-0.25, -0.2) is 0 Å². The SMILES string of the molecule is OCCC(NCc1cc[nH]c1)C1CC1. The fourth-order valence-electron chi connectivity index (χ4n) is 1.86. The average Bonchev–Trinajstić information content (AvgIpc) is 2.90. The van der Waals surface area contributed by atoms with Gasteiger partial charge < -0.3 is 15.4 Å². The van der Waals surface area contributed by atoms with E-state index in [0.29, 0.717) is 12.6 Å². The third kappa shape index (κ3) is 2.59. The monoisotopic (exact) mass is 194 g/mol. The summed E-state index contributed by atoms with van der Waals surface area (Å²) in [6, 6.07) is 2.59. The standard InChI is InChI=1S/C11H18N2O/c14-6-4-11(10-1-2-10)13-8-9-3-5-12-7-9/h3,5,7,10-14H,1-2,4,6,8H2. The molecule has 2 rings (SSSR count). The van der Waals surface area contributed by atoms with Crippen LogP contribution in [0.25, 0.3) is 0 Å². The number of aliphatic hydroxyl groups excluding tert-OH is 1. The van der Waals surface area contributed by atoms with Crippen LogP contribution in [-0.4, -0.2) is 22.7 Å². The molecule has 3 heteroatoms. The summed E-state index contributed by atoms with van der Waals surface area (Å²) in [4.78, 5) is 3.04. The summed E-state index contributed by atoms with van der Waals surface area (Å²) in [6.45, 7) is 1.20. The summed E-state index contributed by atoms with van der Waals surface area (Å²) in [7, 11) is 0. The lowest BCUT2D eigenvalue weighted by Gasteiger charge is -2.16. The molecule has 1 aliphatic carbocycles. The van der Waals surface area contributed by atoms with E-state index in [1.807, 2.05) is 12.4 Å². The van der Waals surface area contributed by atoms with Crippen molar-refractivity contribution in [3.63, 3.8) is 0 Å². The van der Waals surface area contributed by atoms with Crippen LogP contribution < -0.4 is 5.32 Å². The van der Waals surface area contributed by atoms with Crippen LogP contribution in [0.4, 0.5) is 0 Å². The Morgan fingerprint density at radius 2 is 2.43 bits per heavy atom. The molecule has 1 atom stereocenters. The smallest absolute Gasteiger partial charge is 0.0445 e. The minimum Gasteiger partial charge on any atom is -0.396 e. The number of hydrogen-bond acceptors (Lipinski definition) is 2. The summed E-state index contributed by atoms with van der Waals surface area (Å²) < 4.78 is 0. The molecule has 14 heavy (non-hydrogen) atoms. The molecule has 0 radical (unpaired) electrons. The first-order valence-electron chi connectivity index (χ1n) is 5.36. The summed E-state index contributed by atoms with van der Waals surface area (Å²) in [5, 5.41) is 12.4. The minimum absolute atomic E-state index is 0.293. The number of aliphatic hydroxyl groups is 1.